The highest BCUT2D eigenvalue weighted by Crippen LogP contribution is 2.66. The molecule has 0 aromatic carbocycles. The Labute approximate surface area is 227 Å². The van der Waals surface area contributed by atoms with Gasteiger partial charge in [-0.15, -0.1) is 11.3 Å². The molecule has 3 N–H and O–H groups in total. The zero-order valence-corrected chi connectivity index (χ0v) is 23.0. The number of rotatable bonds is 10. The Kier molecular flexibility index (Phi) is 7.21. The average Bonchev–Trinajstić information content (AvgIpc) is 3.53. The minimum atomic E-state index is -0.562. The number of carbonyl (C=O) groups excluding carboxylic acids is 2. The van der Waals surface area contributed by atoms with E-state index in [1.807, 2.05) is 25.1 Å². The molecular weight excluding hydrogens is 506 g/mol. The molecule has 196 valence electrons. The maximum Gasteiger partial charge on any atom is 0.262 e. The summed E-state index contributed by atoms with van der Waals surface area (Å²) in [7, 11) is 0. The quantitative estimate of drug-likeness (QED) is 0.348. The summed E-state index contributed by atoms with van der Waals surface area (Å²) >= 11 is 7.58. The molecule has 0 radical (unpaired) electrons. The molecule has 37 heavy (non-hydrogen) atoms. The van der Waals surface area contributed by atoms with Crippen molar-refractivity contribution in [1.82, 2.24) is 15.6 Å². The number of carbonyl (C=O) groups is 2. The molecule has 2 heterocycles. The molecule has 4 aliphatic rings. The van der Waals surface area contributed by atoms with Gasteiger partial charge in [0.25, 0.3) is 5.91 Å². The maximum atomic E-state index is 13.3. The summed E-state index contributed by atoms with van der Waals surface area (Å²) in [6, 6.07) is 7.52. The predicted molar refractivity (Wildman–Crippen MR) is 146 cm³/mol. The van der Waals surface area contributed by atoms with Crippen LogP contribution in [0.4, 0.5) is 5.69 Å². The van der Waals surface area contributed by atoms with Crippen LogP contribution < -0.4 is 16.0 Å². The summed E-state index contributed by atoms with van der Waals surface area (Å²) in [5, 5.41) is 19.6. The number of aryl methyl sites for hydroxylation is 1. The lowest BCUT2D eigenvalue weighted by Gasteiger charge is -2.67. The van der Waals surface area contributed by atoms with Crippen LogP contribution in [0.15, 0.2) is 24.4 Å². The lowest BCUT2D eigenvalue weighted by Crippen LogP contribution is -2.75. The fraction of sp³-hybridized carbons (Fsp3) is 0.571. The first kappa shape index (κ1) is 26.0. The normalized spacial score (nSPS) is 25.8. The lowest BCUT2D eigenvalue weighted by atomic mass is 9.40. The molecule has 0 spiro atoms. The summed E-state index contributed by atoms with van der Waals surface area (Å²) < 4.78 is 0. The average molecular weight is 540 g/mol. The Morgan fingerprint density at radius 2 is 2.00 bits per heavy atom. The van der Waals surface area contributed by atoms with Crippen molar-refractivity contribution in [3.05, 3.63) is 44.9 Å². The molecule has 2 atom stereocenters. The van der Waals surface area contributed by atoms with Gasteiger partial charge in [0.1, 0.15) is 6.04 Å². The van der Waals surface area contributed by atoms with E-state index in [-0.39, 0.29) is 28.8 Å². The van der Waals surface area contributed by atoms with Crippen molar-refractivity contribution in [2.24, 2.45) is 11.3 Å². The summed E-state index contributed by atoms with van der Waals surface area (Å²) in [6.45, 7) is 4.02. The number of hydrogen-bond acceptors (Lipinski definition) is 6. The Balaban J connectivity index is 1.25. The van der Waals surface area contributed by atoms with Crippen LogP contribution >= 0.6 is 22.9 Å². The number of thiophene rings is 1. The fourth-order valence-electron chi connectivity index (χ4n) is 6.31. The number of nitrogens with one attached hydrogen (secondary N) is 3. The molecule has 2 bridgehead atoms. The predicted octanol–water partition coefficient (Wildman–Crippen LogP) is 5.91. The topological polar surface area (TPSA) is 107 Å². The number of pyridine rings is 1. The second kappa shape index (κ2) is 10.3. The van der Waals surface area contributed by atoms with Crippen LogP contribution in [0.5, 0.6) is 0 Å². The van der Waals surface area contributed by atoms with E-state index >= 15 is 0 Å². The van der Waals surface area contributed by atoms with Crippen molar-refractivity contribution in [3.63, 3.8) is 0 Å². The SMILES string of the molecule is CCC(Nc1cc(Cl)cnc1C)c1ccc(C(=O)NC(CC2CCCC2)C(=O)NC23CC(C#N)(C2)C3)s1. The second-order valence-corrected chi connectivity index (χ2v) is 12.7. The highest BCUT2D eigenvalue weighted by Gasteiger charge is 2.69. The van der Waals surface area contributed by atoms with Gasteiger partial charge in [-0.1, -0.05) is 44.2 Å². The van der Waals surface area contributed by atoms with E-state index in [2.05, 4.69) is 33.9 Å². The van der Waals surface area contributed by atoms with Gasteiger partial charge < -0.3 is 16.0 Å². The van der Waals surface area contributed by atoms with Crippen LogP contribution in [-0.4, -0.2) is 28.4 Å². The highest BCUT2D eigenvalue weighted by molar-refractivity contribution is 7.14. The minimum Gasteiger partial charge on any atom is -0.376 e. The molecule has 4 fully saturated rings. The first-order valence-corrected chi connectivity index (χ1v) is 14.5. The molecule has 2 unspecified atom stereocenters. The number of halogens is 1. The van der Waals surface area contributed by atoms with Crippen LogP contribution in [0.1, 0.15) is 91.0 Å². The Morgan fingerprint density at radius 1 is 1.27 bits per heavy atom. The first-order valence-electron chi connectivity index (χ1n) is 13.3. The zero-order chi connectivity index (χ0) is 26.2. The van der Waals surface area contributed by atoms with Crippen LogP contribution in [-0.2, 0) is 4.79 Å². The molecule has 6 rings (SSSR count). The minimum absolute atomic E-state index is 0.0137. The molecular formula is C28H34ClN5O2S. The van der Waals surface area contributed by atoms with Crippen molar-refractivity contribution < 1.29 is 9.59 Å². The number of aromatic nitrogens is 1. The van der Waals surface area contributed by atoms with Gasteiger partial charge in [-0.2, -0.15) is 5.26 Å². The van der Waals surface area contributed by atoms with Crippen molar-refractivity contribution in [2.75, 3.05) is 5.32 Å². The summed E-state index contributed by atoms with van der Waals surface area (Å²) in [6.07, 6.45) is 9.88. The fourth-order valence-corrected chi connectivity index (χ4v) is 7.51. The van der Waals surface area contributed by atoms with Gasteiger partial charge in [0, 0.05) is 16.6 Å². The van der Waals surface area contributed by atoms with Crippen LogP contribution in [0.25, 0.3) is 0 Å². The van der Waals surface area contributed by atoms with Crippen LogP contribution in [0, 0.1) is 29.6 Å². The summed E-state index contributed by atoms with van der Waals surface area (Å²) in [4.78, 5) is 32.6. The number of amides is 2. The molecule has 0 aliphatic heterocycles. The second-order valence-electron chi connectivity index (χ2n) is 11.2. The van der Waals surface area contributed by atoms with E-state index in [4.69, 9.17) is 11.6 Å². The van der Waals surface area contributed by atoms with E-state index in [1.165, 1.54) is 24.2 Å². The van der Waals surface area contributed by atoms with Gasteiger partial charge in [0.05, 0.1) is 38.8 Å². The van der Waals surface area contributed by atoms with Gasteiger partial charge in [-0.05, 0) is 63.1 Å². The summed E-state index contributed by atoms with van der Waals surface area (Å²) in [5.41, 5.74) is 1.27. The molecule has 4 saturated carbocycles. The number of nitrogens with zero attached hydrogens (tertiary/aromatic N) is 2. The van der Waals surface area contributed by atoms with E-state index in [9.17, 15) is 14.9 Å². The molecule has 0 saturated heterocycles. The van der Waals surface area contributed by atoms with Crippen molar-refractivity contribution in [3.8, 4) is 6.07 Å². The van der Waals surface area contributed by atoms with Gasteiger partial charge in [-0.25, -0.2) is 0 Å². The standard InChI is InChI=1S/C28H34ClN5O2S/c1-3-20(32-21-11-19(29)12-31-17(21)2)23-8-9-24(37-23)26(36)33-22(10-18-6-4-5-7-18)25(35)34-28-13-27(14-28,15-28)16-30/h8-9,11-12,18,20,22,32H,3-7,10,13-15H2,1-2H3,(H,33,36)(H,34,35). The lowest BCUT2D eigenvalue weighted by molar-refractivity contribution is -0.146. The van der Waals surface area contributed by atoms with Gasteiger partial charge in [0.2, 0.25) is 5.91 Å². The van der Waals surface area contributed by atoms with Gasteiger partial charge >= 0.3 is 0 Å². The van der Waals surface area contributed by atoms with Gasteiger partial charge in [0.15, 0.2) is 0 Å². The van der Waals surface area contributed by atoms with Crippen LogP contribution in [0.3, 0.4) is 0 Å². The monoisotopic (exact) mass is 539 g/mol. The van der Waals surface area contributed by atoms with Crippen molar-refractivity contribution in [2.45, 2.75) is 89.3 Å². The van der Waals surface area contributed by atoms with Crippen molar-refractivity contribution >= 4 is 40.4 Å². The molecule has 9 heteroatoms. The first-order chi connectivity index (χ1) is 17.7. The van der Waals surface area contributed by atoms with E-state index in [0.29, 0.717) is 22.2 Å². The largest absolute Gasteiger partial charge is 0.376 e. The van der Waals surface area contributed by atoms with Crippen molar-refractivity contribution in [1.29, 1.82) is 5.26 Å². The Morgan fingerprint density at radius 3 is 2.68 bits per heavy atom. The van der Waals surface area contributed by atoms with E-state index < -0.39 is 6.04 Å². The molecule has 4 aliphatic carbocycles. The van der Waals surface area contributed by atoms with E-state index in [0.717, 1.165) is 54.8 Å². The molecule has 2 aromatic heterocycles. The molecule has 2 amide bonds. The van der Waals surface area contributed by atoms with E-state index in [1.54, 1.807) is 6.20 Å². The number of hydrogen-bond donors (Lipinski definition) is 3. The summed E-state index contributed by atoms with van der Waals surface area (Å²) in [5.74, 6) is 0.132. The Hall–Kier alpha value is -2.63. The third-order valence-corrected chi connectivity index (χ3v) is 9.71. The van der Waals surface area contributed by atoms with Crippen LogP contribution in [0.2, 0.25) is 5.02 Å². The van der Waals surface area contributed by atoms with Gasteiger partial charge in [-0.3, -0.25) is 14.6 Å². The third-order valence-electron chi connectivity index (χ3n) is 8.31. The number of anilines is 1. The maximum absolute atomic E-state index is 13.3. The Bertz CT molecular complexity index is 1210. The molecule has 7 nitrogen and oxygen atoms in total. The number of nitriles is 1. The highest BCUT2D eigenvalue weighted by atomic mass is 35.5. The molecule has 2 aromatic rings. The smallest absolute Gasteiger partial charge is 0.262 e. The zero-order valence-electron chi connectivity index (χ0n) is 21.4. The third kappa shape index (κ3) is 5.35.